The van der Waals surface area contributed by atoms with Gasteiger partial charge in [0.05, 0.1) is 0 Å². The van der Waals surface area contributed by atoms with Crippen LogP contribution in [0.15, 0.2) is 0 Å². The number of rotatable bonds is 6. The Morgan fingerprint density at radius 2 is 1.25 bits per heavy atom. The molecule has 0 N–H and O–H groups in total. The standard InChI is InChI=1S/C12H26/c1-6-9-12(10(4)7-2)11(5)8-3/h10-12H,6-9H2,1-5H3. The van der Waals surface area contributed by atoms with Crippen LogP contribution >= 0.6 is 0 Å². The smallest absolute Gasteiger partial charge is 0.0363 e. The molecular weight excluding hydrogens is 144 g/mol. The highest BCUT2D eigenvalue weighted by Gasteiger charge is 2.19. The van der Waals surface area contributed by atoms with Gasteiger partial charge in [-0.1, -0.05) is 60.3 Å². The van der Waals surface area contributed by atoms with E-state index >= 15 is 0 Å². The maximum Gasteiger partial charge on any atom is -0.0363 e. The first-order chi connectivity index (χ1) is 5.67. The quantitative estimate of drug-likeness (QED) is 0.551. The monoisotopic (exact) mass is 170 g/mol. The average molecular weight is 170 g/mol. The second kappa shape index (κ2) is 6.51. The van der Waals surface area contributed by atoms with Gasteiger partial charge in [-0.2, -0.15) is 0 Å². The molecule has 0 aliphatic rings. The molecule has 0 rings (SSSR count). The fourth-order valence-electron chi connectivity index (χ4n) is 2.07. The van der Waals surface area contributed by atoms with Crippen molar-refractivity contribution < 1.29 is 0 Å². The molecule has 0 heteroatoms. The maximum absolute atomic E-state index is 2.41. The molecule has 0 radical (unpaired) electrons. The summed E-state index contributed by atoms with van der Waals surface area (Å²) in [4.78, 5) is 0. The molecule has 0 heterocycles. The third-order valence-electron chi connectivity index (χ3n) is 3.37. The van der Waals surface area contributed by atoms with Gasteiger partial charge >= 0.3 is 0 Å². The Balaban J connectivity index is 4.01. The molecule has 74 valence electrons. The summed E-state index contributed by atoms with van der Waals surface area (Å²) in [6.07, 6.45) is 5.45. The molecule has 0 nitrogen and oxygen atoms in total. The van der Waals surface area contributed by atoms with Crippen LogP contribution in [-0.4, -0.2) is 0 Å². The lowest BCUT2D eigenvalue weighted by atomic mass is 9.78. The van der Waals surface area contributed by atoms with Crippen LogP contribution in [0.5, 0.6) is 0 Å². The summed E-state index contributed by atoms with van der Waals surface area (Å²) in [5.74, 6) is 2.80. The molecule has 12 heavy (non-hydrogen) atoms. The first-order valence-electron chi connectivity index (χ1n) is 5.67. The van der Waals surface area contributed by atoms with Crippen LogP contribution < -0.4 is 0 Å². The van der Waals surface area contributed by atoms with Crippen molar-refractivity contribution in [1.82, 2.24) is 0 Å². The van der Waals surface area contributed by atoms with Crippen LogP contribution in [0.4, 0.5) is 0 Å². The first kappa shape index (κ1) is 12.0. The van der Waals surface area contributed by atoms with E-state index < -0.39 is 0 Å². The molecular formula is C12H26. The third-order valence-corrected chi connectivity index (χ3v) is 3.37. The second-order valence-corrected chi connectivity index (χ2v) is 4.22. The molecule has 0 amide bonds. The van der Waals surface area contributed by atoms with Crippen molar-refractivity contribution in [3.05, 3.63) is 0 Å². The first-order valence-corrected chi connectivity index (χ1v) is 5.67. The van der Waals surface area contributed by atoms with Crippen molar-refractivity contribution in [3.63, 3.8) is 0 Å². The van der Waals surface area contributed by atoms with E-state index in [0.29, 0.717) is 0 Å². The minimum Gasteiger partial charge on any atom is -0.0654 e. The van der Waals surface area contributed by atoms with Crippen LogP contribution in [0.3, 0.4) is 0 Å². The number of hydrogen-bond acceptors (Lipinski definition) is 0. The van der Waals surface area contributed by atoms with E-state index in [1.54, 1.807) is 0 Å². The Morgan fingerprint density at radius 1 is 0.833 bits per heavy atom. The highest BCUT2D eigenvalue weighted by molar-refractivity contribution is 4.70. The van der Waals surface area contributed by atoms with Crippen LogP contribution in [-0.2, 0) is 0 Å². The third kappa shape index (κ3) is 3.60. The minimum atomic E-state index is 0.917. The van der Waals surface area contributed by atoms with Gasteiger partial charge in [-0.05, 0) is 17.8 Å². The zero-order chi connectivity index (χ0) is 9.56. The van der Waals surface area contributed by atoms with Crippen LogP contribution in [0, 0.1) is 17.8 Å². The Kier molecular flexibility index (Phi) is 6.51. The lowest BCUT2D eigenvalue weighted by molar-refractivity contribution is 0.226. The van der Waals surface area contributed by atoms with Gasteiger partial charge in [0, 0.05) is 0 Å². The highest BCUT2D eigenvalue weighted by Crippen LogP contribution is 2.29. The summed E-state index contributed by atoms with van der Waals surface area (Å²) in [6, 6.07) is 0. The average Bonchev–Trinajstić information content (AvgIpc) is 2.11. The van der Waals surface area contributed by atoms with E-state index in [2.05, 4.69) is 34.6 Å². The zero-order valence-corrected chi connectivity index (χ0v) is 9.56. The second-order valence-electron chi connectivity index (χ2n) is 4.22. The van der Waals surface area contributed by atoms with E-state index in [1.807, 2.05) is 0 Å². The van der Waals surface area contributed by atoms with Gasteiger partial charge in [-0.25, -0.2) is 0 Å². The Morgan fingerprint density at radius 3 is 1.50 bits per heavy atom. The van der Waals surface area contributed by atoms with Crippen molar-refractivity contribution in [1.29, 1.82) is 0 Å². The van der Waals surface area contributed by atoms with E-state index in [1.165, 1.54) is 25.7 Å². The van der Waals surface area contributed by atoms with Gasteiger partial charge in [0.15, 0.2) is 0 Å². The van der Waals surface area contributed by atoms with Crippen LogP contribution in [0.1, 0.15) is 60.3 Å². The summed E-state index contributed by atoms with van der Waals surface area (Å²) in [6.45, 7) is 11.8. The normalized spacial score (nSPS) is 18.8. The minimum absolute atomic E-state index is 0.917. The molecule has 0 saturated heterocycles. The molecule has 2 unspecified atom stereocenters. The Bertz CT molecular complexity index is 86.2. The van der Waals surface area contributed by atoms with Gasteiger partial charge in [0.2, 0.25) is 0 Å². The summed E-state index contributed by atoms with van der Waals surface area (Å²) in [7, 11) is 0. The molecule has 0 spiro atoms. The molecule has 0 aliphatic heterocycles. The lowest BCUT2D eigenvalue weighted by Gasteiger charge is -2.28. The van der Waals surface area contributed by atoms with E-state index in [0.717, 1.165) is 17.8 Å². The fourth-order valence-corrected chi connectivity index (χ4v) is 2.07. The molecule has 0 aromatic heterocycles. The molecule has 0 aromatic carbocycles. The SMILES string of the molecule is CCCC(C(C)CC)C(C)CC. The molecule has 0 bridgehead atoms. The Labute approximate surface area is 78.8 Å². The van der Waals surface area contributed by atoms with Crippen molar-refractivity contribution in [2.45, 2.75) is 60.3 Å². The topological polar surface area (TPSA) is 0 Å². The summed E-state index contributed by atoms with van der Waals surface area (Å²) in [5, 5.41) is 0. The van der Waals surface area contributed by atoms with Crippen LogP contribution in [0.25, 0.3) is 0 Å². The van der Waals surface area contributed by atoms with Crippen molar-refractivity contribution in [2.24, 2.45) is 17.8 Å². The molecule has 0 saturated carbocycles. The van der Waals surface area contributed by atoms with Gasteiger partial charge in [0.25, 0.3) is 0 Å². The lowest BCUT2D eigenvalue weighted by Crippen LogP contribution is -2.18. The zero-order valence-electron chi connectivity index (χ0n) is 9.56. The molecule has 0 fully saturated rings. The molecule has 2 atom stereocenters. The highest BCUT2D eigenvalue weighted by atomic mass is 14.2. The largest absolute Gasteiger partial charge is 0.0654 e. The summed E-state index contributed by atoms with van der Waals surface area (Å²) < 4.78 is 0. The Hall–Kier alpha value is 0. The maximum atomic E-state index is 2.41. The van der Waals surface area contributed by atoms with Crippen molar-refractivity contribution in [2.75, 3.05) is 0 Å². The molecule has 0 aromatic rings. The van der Waals surface area contributed by atoms with Crippen LogP contribution in [0.2, 0.25) is 0 Å². The molecule has 0 aliphatic carbocycles. The predicted molar refractivity (Wildman–Crippen MR) is 57.3 cm³/mol. The van der Waals surface area contributed by atoms with E-state index in [-0.39, 0.29) is 0 Å². The van der Waals surface area contributed by atoms with Gasteiger partial charge in [-0.15, -0.1) is 0 Å². The predicted octanol–water partition coefficient (Wildman–Crippen LogP) is 4.49. The summed E-state index contributed by atoms with van der Waals surface area (Å²) in [5.41, 5.74) is 0. The number of hydrogen-bond donors (Lipinski definition) is 0. The van der Waals surface area contributed by atoms with Gasteiger partial charge in [-0.3, -0.25) is 0 Å². The fraction of sp³-hybridized carbons (Fsp3) is 1.00. The van der Waals surface area contributed by atoms with Gasteiger partial charge in [0.1, 0.15) is 0 Å². The summed E-state index contributed by atoms with van der Waals surface area (Å²) >= 11 is 0. The van der Waals surface area contributed by atoms with Crippen molar-refractivity contribution in [3.8, 4) is 0 Å². The van der Waals surface area contributed by atoms with E-state index in [9.17, 15) is 0 Å². The van der Waals surface area contributed by atoms with Gasteiger partial charge < -0.3 is 0 Å². The van der Waals surface area contributed by atoms with Crippen molar-refractivity contribution >= 4 is 0 Å². The van der Waals surface area contributed by atoms with E-state index in [4.69, 9.17) is 0 Å².